The Bertz CT molecular complexity index is 735. The molecule has 6 heteroatoms. The number of likely N-dealkylation sites (N-methyl/N-ethyl adjacent to an activating group) is 1. The summed E-state index contributed by atoms with van der Waals surface area (Å²) < 4.78 is 10.3. The third kappa shape index (κ3) is 6.70. The molecule has 0 spiro atoms. The van der Waals surface area contributed by atoms with Crippen molar-refractivity contribution in [3.05, 3.63) is 71.8 Å². The fraction of sp³-hybridized carbons (Fsp3) is 0.364. The molecule has 0 aromatic heterocycles. The van der Waals surface area contributed by atoms with E-state index >= 15 is 0 Å². The number of rotatable bonds is 9. The predicted octanol–water partition coefficient (Wildman–Crippen LogP) is 3.18. The number of hydrogen-bond acceptors (Lipinski definition) is 5. The lowest BCUT2D eigenvalue weighted by Crippen LogP contribution is -2.47. The first-order chi connectivity index (χ1) is 13.5. The van der Waals surface area contributed by atoms with Gasteiger partial charge in [-0.3, -0.25) is 4.79 Å². The molecule has 0 aliphatic rings. The largest absolute Gasteiger partial charge is 0.466 e. The highest BCUT2D eigenvalue weighted by Crippen LogP contribution is 2.16. The van der Waals surface area contributed by atoms with Gasteiger partial charge in [0.2, 0.25) is 0 Å². The van der Waals surface area contributed by atoms with Crippen molar-refractivity contribution >= 4 is 12.1 Å². The third-order valence-electron chi connectivity index (χ3n) is 4.40. The van der Waals surface area contributed by atoms with Crippen LogP contribution in [0.1, 0.15) is 24.5 Å². The number of benzene rings is 2. The van der Waals surface area contributed by atoms with Gasteiger partial charge in [0.05, 0.1) is 25.2 Å². The topological polar surface area (TPSA) is 76.1 Å². The molecular formula is C22H27NO5. The van der Waals surface area contributed by atoms with E-state index in [2.05, 4.69) is 0 Å². The van der Waals surface area contributed by atoms with Crippen molar-refractivity contribution in [2.75, 3.05) is 13.7 Å². The third-order valence-corrected chi connectivity index (χ3v) is 4.40. The maximum atomic E-state index is 12.5. The molecule has 2 aromatic carbocycles. The predicted molar refractivity (Wildman–Crippen MR) is 106 cm³/mol. The highest BCUT2D eigenvalue weighted by Gasteiger charge is 2.30. The van der Waals surface area contributed by atoms with Crippen molar-refractivity contribution < 1.29 is 24.2 Å². The molecular weight excluding hydrogens is 358 g/mol. The minimum absolute atomic E-state index is 0.135. The number of ether oxygens (including phenoxy) is 2. The van der Waals surface area contributed by atoms with Crippen LogP contribution in [-0.2, 0) is 27.3 Å². The van der Waals surface area contributed by atoms with Crippen molar-refractivity contribution in [1.29, 1.82) is 0 Å². The van der Waals surface area contributed by atoms with Crippen LogP contribution in [0.2, 0.25) is 0 Å². The van der Waals surface area contributed by atoms with Crippen LogP contribution in [0.3, 0.4) is 0 Å². The van der Waals surface area contributed by atoms with E-state index in [9.17, 15) is 14.7 Å². The zero-order valence-electron chi connectivity index (χ0n) is 16.3. The van der Waals surface area contributed by atoms with Crippen LogP contribution < -0.4 is 0 Å². The van der Waals surface area contributed by atoms with Gasteiger partial charge in [0.1, 0.15) is 6.61 Å². The Balaban J connectivity index is 2.07. The molecule has 0 aliphatic heterocycles. The number of aliphatic hydroxyl groups excluding tert-OH is 1. The quantitative estimate of drug-likeness (QED) is 0.671. The average molecular weight is 385 g/mol. The number of nitrogens with zero attached hydrogens (tertiary/aromatic N) is 1. The van der Waals surface area contributed by atoms with Crippen LogP contribution in [0.4, 0.5) is 4.79 Å². The highest BCUT2D eigenvalue weighted by molar-refractivity contribution is 5.71. The van der Waals surface area contributed by atoms with Crippen LogP contribution >= 0.6 is 0 Å². The fourth-order valence-electron chi connectivity index (χ4n) is 2.87. The zero-order chi connectivity index (χ0) is 20.4. The Labute approximate surface area is 165 Å². The molecule has 1 N–H and O–H groups in total. The number of aliphatic hydroxyl groups is 1. The van der Waals surface area contributed by atoms with Gasteiger partial charge < -0.3 is 19.5 Å². The molecule has 0 saturated carbocycles. The minimum Gasteiger partial charge on any atom is -0.466 e. The molecule has 0 saturated heterocycles. The molecule has 2 rings (SSSR count). The first-order valence-electron chi connectivity index (χ1n) is 9.32. The van der Waals surface area contributed by atoms with E-state index in [0.717, 1.165) is 11.1 Å². The summed E-state index contributed by atoms with van der Waals surface area (Å²) >= 11 is 0. The van der Waals surface area contributed by atoms with Gasteiger partial charge >= 0.3 is 12.1 Å². The minimum atomic E-state index is -1.08. The molecule has 2 atom stereocenters. The van der Waals surface area contributed by atoms with E-state index in [0.29, 0.717) is 6.42 Å². The van der Waals surface area contributed by atoms with Gasteiger partial charge in [0.25, 0.3) is 0 Å². The van der Waals surface area contributed by atoms with Gasteiger partial charge in [-0.15, -0.1) is 0 Å². The van der Waals surface area contributed by atoms with E-state index in [4.69, 9.17) is 9.47 Å². The van der Waals surface area contributed by atoms with E-state index in [1.165, 1.54) is 4.90 Å². The molecule has 28 heavy (non-hydrogen) atoms. The standard InChI is InChI=1S/C22H27NO5/c1-3-27-21(25)15-20(24)19(14-17-10-6-4-7-11-17)23(2)22(26)28-16-18-12-8-5-9-13-18/h4-13,19-20,24H,3,14-16H2,1-2H3/t19-,20-/m0/s1. The van der Waals surface area contributed by atoms with Gasteiger partial charge in [-0.1, -0.05) is 60.7 Å². The molecule has 0 aliphatic carbocycles. The molecule has 6 nitrogen and oxygen atoms in total. The van der Waals surface area contributed by atoms with Gasteiger partial charge in [-0.2, -0.15) is 0 Å². The van der Waals surface area contributed by atoms with Crippen LogP contribution in [0.5, 0.6) is 0 Å². The molecule has 2 aromatic rings. The molecule has 0 unspecified atom stereocenters. The second-order valence-corrected chi connectivity index (χ2v) is 6.48. The van der Waals surface area contributed by atoms with Crippen LogP contribution in [0.15, 0.2) is 60.7 Å². The average Bonchev–Trinajstić information content (AvgIpc) is 2.71. The first-order valence-corrected chi connectivity index (χ1v) is 9.32. The summed E-state index contributed by atoms with van der Waals surface area (Å²) in [5, 5.41) is 10.6. The lowest BCUT2D eigenvalue weighted by molar-refractivity contribution is -0.146. The number of esters is 1. The smallest absolute Gasteiger partial charge is 0.410 e. The van der Waals surface area contributed by atoms with Crippen molar-refractivity contribution in [3.8, 4) is 0 Å². The van der Waals surface area contributed by atoms with E-state index in [1.807, 2.05) is 60.7 Å². The van der Waals surface area contributed by atoms with E-state index < -0.39 is 24.2 Å². The fourth-order valence-corrected chi connectivity index (χ4v) is 2.87. The lowest BCUT2D eigenvalue weighted by atomic mass is 9.98. The summed E-state index contributed by atoms with van der Waals surface area (Å²) in [7, 11) is 1.56. The van der Waals surface area contributed by atoms with Crippen molar-refractivity contribution in [1.82, 2.24) is 4.90 Å². The molecule has 1 amide bonds. The monoisotopic (exact) mass is 385 g/mol. The second-order valence-electron chi connectivity index (χ2n) is 6.48. The van der Waals surface area contributed by atoms with Crippen LogP contribution in [0.25, 0.3) is 0 Å². The number of carbonyl (C=O) groups is 2. The normalized spacial score (nSPS) is 12.7. The van der Waals surface area contributed by atoms with Crippen molar-refractivity contribution in [2.24, 2.45) is 0 Å². The van der Waals surface area contributed by atoms with E-state index in [1.54, 1.807) is 14.0 Å². The number of carbonyl (C=O) groups excluding carboxylic acids is 2. The van der Waals surface area contributed by atoms with Crippen molar-refractivity contribution in [2.45, 2.75) is 38.5 Å². The second kappa shape index (κ2) is 11.1. The molecule has 150 valence electrons. The van der Waals surface area contributed by atoms with Gasteiger partial charge in [-0.05, 0) is 24.5 Å². The van der Waals surface area contributed by atoms with Crippen molar-refractivity contribution in [3.63, 3.8) is 0 Å². The summed E-state index contributed by atoms with van der Waals surface area (Å²) in [5.41, 5.74) is 1.81. The van der Waals surface area contributed by atoms with Crippen LogP contribution in [-0.4, -0.2) is 47.9 Å². The number of hydrogen-bond donors (Lipinski definition) is 1. The molecule has 0 bridgehead atoms. The summed E-state index contributed by atoms with van der Waals surface area (Å²) in [6.45, 7) is 2.08. The SMILES string of the molecule is CCOC(=O)C[C@H](O)[C@H](Cc1ccccc1)N(C)C(=O)OCc1ccccc1. The first kappa shape index (κ1) is 21.4. The van der Waals surface area contributed by atoms with E-state index in [-0.39, 0.29) is 19.6 Å². The Kier molecular flexibility index (Phi) is 8.49. The Hall–Kier alpha value is -2.86. The summed E-state index contributed by atoms with van der Waals surface area (Å²) in [4.78, 5) is 25.7. The van der Waals surface area contributed by atoms with Gasteiger partial charge in [0.15, 0.2) is 0 Å². The summed E-state index contributed by atoms with van der Waals surface area (Å²) in [5.74, 6) is -0.501. The highest BCUT2D eigenvalue weighted by atomic mass is 16.6. The number of amides is 1. The molecule has 0 fully saturated rings. The maximum absolute atomic E-state index is 12.5. The maximum Gasteiger partial charge on any atom is 0.410 e. The Morgan fingerprint density at radius 3 is 2.11 bits per heavy atom. The lowest BCUT2D eigenvalue weighted by Gasteiger charge is -2.31. The Morgan fingerprint density at radius 2 is 1.54 bits per heavy atom. The molecule has 0 heterocycles. The molecule has 0 radical (unpaired) electrons. The van der Waals surface area contributed by atoms with Gasteiger partial charge in [-0.25, -0.2) is 4.79 Å². The summed E-state index contributed by atoms with van der Waals surface area (Å²) in [6, 6.07) is 18.2. The Morgan fingerprint density at radius 1 is 0.964 bits per heavy atom. The van der Waals surface area contributed by atoms with Gasteiger partial charge in [0, 0.05) is 7.05 Å². The summed E-state index contributed by atoms with van der Waals surface area (Å²) in [6.07, 6.45) is -1.44. The zero-order valence-corrected chi connectivity index (χ0v) is 16.3. The van der Waals surface area contributed by atoms with Crippen LogP contribution in [0, 0.1) is 0 Å².